The lowest BCUT2D eigenvalue weighted by molar-refractivity contribution is -0.384. The zero-order valence-electron chi connectivity index (χ0n) is 21.2. The van der Waals surface area contributed by atoms with Crippen LogP contribution in [0.5, 0.6) is 5.75 Å². The number of aromatic nitrogens is 1. The molecule has 8 heteroatoms. The number of benzene rings is 2. The van der Waals surface area contributed by atoms with Crippen molar-refractivity contribution in [2.45, 2.75) is 53.7 Å². The maximum absolute atomic E-state index is 13.4. The van der Waals surface area contributed by atoms with Gasteiger partial charge in [-0.2, -0.15) is 0 Å². The van der Waals surface area contributed by atoms with Crippen molar-refractivity contribution in [1.82, 2.24) is 4.98 Å². The summed E-state index contributed by atoms with van der Waals surface area (Å²) in [6, 6.07) is 12.3. The Balaban J connectivity index is 2.19. The van der Waals surface area contributed by atoms with Gasteiger partial charge in [0, 0.05) is 29.5 Å². The fourth-order valence-electron chi connectivity index (χ4n) is 3.87. The van der Waals surface area contributed by atoms with Crippen LogP contribution < -0.4 is 9.64 Å². The lowest BCUT2D eigenvalue weighted by atomic mass is 9.99. The van der Waals surface area contributed by atoms with E-state index in [1.807, 2.05) is 45.0 Å². The van der Waals surface area contributed by atoms with E-state index in [0.717, 1.165) is 22.3 Å². The number of nitro groups is 1. The molecule has 3 aromatic rings. The summed E-state index contributed by atoms with van der Waals surface area (Å²) in [5, 5.41) is 11.8. The van der Waals surface area contributed by atoms with Crippen LogP contribution in [0.1, 0.15) is 43.2 Å². The molecular formula is C27H31N3O5. The molecule has 2 aromatic carbocycles. The minimum atomic E-state index is -0.762. The van der Waals surface area contributed by atoms with Crippen molar-refractivity contribution >= 4 is 17.5 Å². The highest BCUT2D eigenvalue weighted by molar-refractivity contribution is 5.90. The van der Waals surface area contributed by atoms with Gasteiger partial charge in [-0.15, -0.1) is 0 Å². The van der Waals surface area contributed by atoms with E-state index in [2.05, 4.69) is 4.98 Å². The summed E-state index contributed by atoms with van der Waals surface area (Å²) in [7, 11) is 1.58. The van der Waals surface area contributed by atoms with Crippen LogP contribution in [0.25, 0.3) is 11.1 Å². The Hall–Kier alpha value is -3.94. The fourth-order valence-corrected chi connectivity index (χ4v) is 3.87. The van der Waals surface area contributed by atoms with Gasteiger partial charge in [-0.1, -0.05) is 24.3 Å². The number of carbonyl (C=O) groups is 1. The van der Waals surface area contributed by atoms with Crippen molar-refractivity contribution in [3.05, 3.63) is 81.2 Å². The summed E-state index contributed by atoms with van der Waals surface area (Å²) in [6.45, 7) is 11.1. The first-order chi connectivity index (χ1) is 16.4. The molecule has 35 heavy (non-hydrogen) atoms. The van der Waals surface area contributed by atoms with Crippen molar-refractivity contribution < 1.29 is 19.2 Å². The molecule has 1 heterocycles. The highest BCUT2D eigenvalue weighted by Gasteiger charge is 2.27. The number of rotatable bonds is 6. The van der Waals surface area contributed by atoms with Crippen LogP contribution in [0.3, 0.4) is 0 Å². The van der Waals surface area contributed by atoms with Crippen molar-refractivity contribution in [3.63, 3.8) is 0 Å². The lowest BCUT2D eigenvalue weighted by Crippen LogP contribution is -2.37. The Kier molecular flexibility index (Phi) is 7.43. The van der Waals surface area contributed by atoms with Gasteiger partial charge in [-0.05, 0) is 64.3 Å². The molecule has 0 saturated carbocycles. The number of non-ortho nitro benzene ring substituents is 1. The molecule has 0 fully saturated rings. The number of aryl methyl sites for hydroxylation is 2. The number of hydrogen-bond acceptors (Lipinski definition) is 6. The Morgan fingerprint density at radius 3 is 2.37 bits per heavy atom. The fraction of sp³-hybridized carbons (Fsp3) is 0.333. The van der Waals surface area contributed by atoms with Crippen molar-refractivity contribution in [3.8, 4) is 16.9 Å². The summed E-state index contributed by atoms with van der Waals surface area (Å²) in [6.07, 6.45) is 1.05. The van der Waals surface area contributed by atoms with Gasteiger partial charge in [0.2, 0.25) is 0 Å². The second-order valence-electron chi connectivity index (χ2n) is 9.42. The largest absolute Gasteiger partial charge is 0.496 e. The number of pyridine rings is 1. The topological polar surface area (TPSA) is 94.8 Å². The highest BCUT2D eigenvalue weighted by Crippen LogP contribution is 2.34. The number of hydrogen-bond donors (Lipinski definition) is 0. The first kappa shape index (κ1) is 25.7. The third-order valence-corrected chi connectivity index (χ3v) is 5.55. The molecule has 3 rings (SSSR count). The van der Waals surface area contributed by atoms with Gasteiger partial charge in [0.1, 0.15) is 11.4 Å². The standard InChI is InChI=1S/C27H31N3O5/c1-17-10-8-9-11-23(17)20-12-21(14-22(13-20)30(32)33)29(26(31)35-27(4,5)6)16-24-19(3)25(34-7)18(2)15-28-24/h8-15H,16H2,1-7H3. The Labute approximate surface area is 205 Å². The van der Waals surface area contributed by atoms with Crippen LogP contribution in [-0.2, 0) is 11.3 Å². The molecule has 0 aliphatic rings. The van der Waals surface area contributed by atoms with Crippen molar-refractivity contribution in [2.75, 3.05) is 12.0 Å². The van der Waals surface area contributed by atoms with E-state index in [1.54, 1.807) is 40.1 Å². The molecule has 1 amide bonds. The number of nitrogens with zero attached hydrogens (tertiary/aromatic N) is 3. The van der Waals surface area contributed by atoms with Crippen LogP contribution in [0, 0.1) is 30.9 Å². The summed E-state index contributed by atoms with van der Waals surface area (Å²) in [5.41, 5.74) is 4.14. The smallest absolute Gasteiger partial charge is 0.415 e. The number of methoxy groups -OCH3 is 1. The van der Waals surface area contributed by atoms with Gasteiger partial charge in [-0.3, -0.25) is 20.0 Å². The highest BCUT2D eigenvalue weighted by atomic mass is 16.6. The van der Waals surface area contributed by atoms with E-state index in [-0.39, 0.29) is 12.2 Å². The van der Waals surface area contributed by atoms with Crippen LogP contribution in [0.15, 0.2) is 48.7 Å². The number of amides is 1. The van der Waals surface area contributed by atoms with Gasteiger partial charge >= 0.3 is 6.09 Å². The van der Waals surface area contributed by atoms with E-state index in [9.17, 15) is 14.9 Å². The zero-order valence-corrected chi connectivity index (χ0v) is 21.2. The maximum atomic E-state index is 13.4. The Morgan fingerprint density at radius 2 is 1.77 bits per heavy atom. The molecule has 0 aliphatic carbocycles. The summed E-state index contributed by atoms with van der Waals surface area (Å²) >= 11 is 0. The molecule has 0 bridgehead atoms. The second-order valence-corrected chi connectivity index (χ2v) is 9.42. The first-order valence-corrected chi connectivity index (χ1v) is 11.3. The monoisotopic (exact) mass is 477 g/mol. The zero-order chi connectivity index (χ0) is 25.9. The summed E-state index contributed by atoms with van der Waals surface area (Å²) in [5.74, 6) is 0.679. The Bertz CT molecular complexity index is 1260. The SMILES string of the molecule is COc1c(C)cnc(CN(C(=O)OC(C)(C)C)c2cc(-c3ccccc3C)cc([N+](=O)[O-])c2)c1C. The average molecular weight is 478 g/mol. The van der Waals surface area contributed by atoms with E-state index >= 15 is 0 Å². The van der Waals surface area contributed by atoms with E-state index in [1.165, 1.54) is 17.0 Å². The maximum Gasteiger partial charge on any atom is 0.415 e. The number of nitro benzene ring substituents is 1. The molecular weight excluding hydrogens is 446 g/mol. The predicted octanol–water partition coefficient (Wildman–Crippen LogP) is 6.53. The molecule has 8 nitrogen and oxygen atoms in total. The van der Waals surface area contributed by atoms with Gasteiger partial charge in [0.15, 0.2) is 0 Å². The molecule has 0 radical (unpaired) electrons. The van der Waals surface area contributed by atoms with Gasteiger partial charge < -0.3 is 9.47 Å². The predicted molar refractivity (Wildman–Crippen MR) is 136 cm³/mol. The summed E-state index contributed by atoms with van der Waals surface area (Å²) < 4.78 is 11.2. The van der Waals surface area contributed by atoms with Crippen LogP contribution in [0.4, 0.5) is 16.2 Å². The summed E-state index contributed by atoms with van der Waals surface area (Å²) in [4.78, 5) is 30.6. The van der Waals surface area contributed by atoms with E-state index < -0.39 is 16.6 Å². The minimum Gasteiger partial charge on any atom is -0.496 e. The minimum absolute atomic E-state index is 0.0474. The average Bonchev–Trinajstić information content (AvgIpc) is 2.77. The van der Waals surface area contributed by atoms with Gasteiger partial charge in [0.05, 0.1) is 30.0 Å². The molecule has 1 aromatic heterocycles. The molecule has 0 atom stereocenters. The third-order valence-electron chi connectivity index (χ3n) is 5.55. The van der Waals surface area contributed by atoms with Crippen LogP contribution >= 0.6 is 0 Å². The Morgan fingerprint density at radius 1 is 1.09 bits per heavy atom. The van der Waals surface area contributed by atoms with Gasteiger partial charge in [0.25, 0.3) is 5.69 Å². The molecule has 0 spiro atoms. The van der Waals surface area contributed by atoms with Crippen LogP contribution in [-0.4, -0.2) is 28.7 Å². The number of anilines is 1. The molecule has 0 N–H and O–H groups in total. The van der Waals surface area contributed by atoms with Crippen molar-refractivity contribution in [2.24, 2.45) is 0 Å². The molecule has 0 unspecified atom stereocenters. The third kappa shape index (κ3) is 5.95. The van der Waals surface area contributed by atoms with E-state index in [0.29, 0.717) is 22.7 Å². The molecule has 184 valence electrons. The molecule has 0 aliphatic heterocycles. The second kappa shape index (κ2) is 10.1. The molecule has 0 saturated heterocycles. The number of ether oxygens (including phenoxy) is 2. The van der Waals surface area contributed by atoms with E-state index in [4.69, 9.17) is 9.47 Å². The van der Waals surface area contributed by atoms with Crippen molar-refractivity contribution in [1.29, 1.82) is 0 Å². The van der Waals surface area contributed by atoms with Gasteiger partial charge in [-0.25, -0.2) is 4.79 Å². The quantitative estimate of drug-likeness (QED) is 0.296. The van der Waals surface area contributed by atoms with Crippen LogP contribution in [0.2, 0.25) is 0 Å². The normalized spacial score (nSPS) is 11.2. The lowest BCUT2D eigenvalue weighted by Gasteiger charge is -2.28. The number of carbonyl (C=O) groups excluding carboxylic acids is 1. The first-order valence-electron chi connectivity index (χ1n) is 11.3.